The molecule has 0 N–H and O–H groups in total. The molecule has 0 unspecified atom stereocenters. The Morgan fingerprint density at radius 1 is 0.960 bits per heavy atom. The van der Waals surface area contributed by atoms with Gasteiger partial charge in [0.25, 0.3) is 0 Å². The lowest BCUT2D eigenvalue weighted by Gasteiger charge is -2.16. The Labute approximate surface area is 148 Å². The number of nitrogens with zero attached hydrogens (tertiary/aromatic N) is 1. The molecule has 0 spiro atoms. The van der Waals surface area contributed by atoms with Crippen LogP contribution in [-0.2, 0) is 6.54 Å². The van der Waals surface area contributed by atoms with Crippen LogP contribution in [0.15, 0.2) is 66.7 Å². The zero-order valence-corrected chi connectivity index (χ0v) is 14.3. The summed E-state index contributed by atoms with van der Waals surface area (Å²) in [5, 5.41) is 2.63. The highest BCUT2D eigenvalue weighted by molar-refractivity contribution is 5.85. The number of likely N-dealkylation sites (N-methyl/N-ethyl adjacent to an activating group) is 1. The summed E-state index contributed by atoms with van der Waals surface area (Å²) in [6, 6.07) is 21.1. The quantitative estimate of drug-likeness (QED) is 0.675. The average molecular weight is 331 g/mol. The standard InChI is InChI=1S/C22H21NO2/c1-23(15-19-9-4-8-18-7-2-3-10-20(18)19)13-5-6-17-11-12-21-22(14-17)25-16-24-21/h2-12,14H,13,15-16H2,1H3/b6-5+. The summed E-state index contributed by atoms with van der Waals surface area (Å²) in [6.45, 7) is 2.13. The third-order valence-electron chi connectivity index (χ3n) is 4.44. The van der Waals surface area contributed by atoms with Crippen molar-refractivity contribution in [3.63, 3.8) is 0 Å². The fraction of sp³-hybridized carbons (Fsp3) is 0.182. The van der Waals surface area contributed by atoms with E-state index in [1.54, 1.807) is 0 Å². The first-order valence-corrected chi connectivity index (χ1v) is 8.51. The lowest BCUT2D eigenvalue weighted by molar-refractivity contribution is 0.174. The highest BCUT2D eigenvalue weighted by Crippen LogP contribution is 2.32. The van der Waals surface area contributed by atoms with Crippen LogP contribution in [0.1, 0.15) is 11.1 Å². The second-order valence-corrected chi connectivity index (χ2v) is 6.35. The number of benzene rings is 3. The van der Waals surface area contributed by atoms with Gasteiger partial charge in [-0.05, 0) is 41.1 Å². The van der Waals surface area contributed by atoms with E-state index in [-0.39, 0.29) is 0 Å². The molecule has 0 fully saturated rings. The third-order valence-corrected chi connectivity index (χ3v) is 4.44. The molecule has 1 heterocycles. The van der Waals surface area contributed by atoms with Crippen LogP contribution in [0.2, 0.25) is 0 Å². The van der Waals surface area contributed by atoms with E-state index in [4.69, 9.17) is 9.47 Å². The van der Waals surface area contributed by atoms with Crippen molar-refractivity contribution in [2.75, 3.05) is 20.4 Å². The van der Waals surface area contributed by atoms with Gasteiger partial charge in [-0.1, -0.05) is 60.7 Å². The Balaban J connectivity index is 1.41. The molecule has 0 aromatic heterocycles. The van der Waals surface area contributed by atoms with Crippen LogP contribution in [0.4, 0.5) is 0 Å². The molecule has 3 nitrogen and oxygen atoms in total. The average Bonchev–Trinajstić information content (AvgIpc) is 3.10. The molecule has 3 aromatic rings. The van der Waals surface area contributed by atoms with Gasteiger partial charge in [0, 0.05) is 13.1 Å². The summed E-state index contributed by atoms with van der Waals surface area (Å²) in [7, 11) is 2.14. The van der Waals surface area contributed by atoms with E-state index in [1.807, 2.05) is 12.1 Å². The van der Waals surface area contributed by atoms with Crippen LogP contribution in [0.25, 0.3) is 16.8 Å². The van der Waals surface area contributed by atoms with Gasteiger partial charge < -0.3 is 9.47 Å². The van der Waals surface area contributed by atoms with Crippen LogP contribution in [-0.4, -0.2) is 25.3 Å². The zero-order chi connectivity index (χ0) is 17.1. The highest BCUT2D eigenvalue weighted by atomic mass is 16.7. The molecule has 1 aliphatic heterocycles. The van der Waals surface area contributed by atoms with Gasteiger partial charge in [0.1, 0.15) is 0 Å². The fourth-order valence-corrected chi connectivity index (χ4v) is 3.17. The van der Waals surface area contributed by atoms with Gasteiger partial charge in [0.2, 0.25) is 6.79 Å². The van der Waals surface area contributed by atoms with E-state index in [0.717, 1.165) is 30.2 Å². The molecule has 0 atom stereocenters. The maximum absolute atomic E-state index is 5.42. The maximum atomic E-state index is 5.42. The smallest absolute Gasteiger partial charge is 0.231 e. The van der Waals surface area contributed by atoms with E-state index < -0.39 is 0 Å². The predicted octanol–water partition coefficient (Wildman–Crippen LogP) is 4.71. The minimum Gasteiger partial charge on any atom is -0.454 e. The van der Waals surface area contributed by atoms with Crippen molar-refractivity contribution in [3.05, 3.63) is 77.9 Å². The summed E-state index contributed by atoms with van der Waals surface area (Å²) in [5.74, 6) is 1.65. The molecule has 0 bridgehead atoms. The van der Waals surface area contributed by atoms with Crippen LogP contribution in [0, 0.1) is 0 Å². The van der Waals surface area contributed by atoms with Crippen LogP contribution in [0.3, 0.4) is 0 Å². The van der Waals surface area contributed by atoms with Gasteiger partial charge in [-0.2, -0.15) is 0 Å². The summed E-state index contributed by atoms with van der Waals surface area (Å²) in [4.78, 5) is 2.31. The first-order chi connectivity index (χ1) is 12.3. The monoisotopic (exact) mass is 331 g/mol. The lowest BCUT2D eigenvalue weighted by Crippen LogP contribution is -2.17. The largest absolute Gasteiger partial charge is 0.454 e. The Bertz CT molecular complexity index is 912. The highest BCUT2D eigenvalue weighted by Gasteiger charge is 2.12. The molecule has 0 saturated heterocycles. The normalized spacial score (nSPS) is 13.2. The van der Waals surface area contributed by atoms with Crippen LogP contribution < -0.4 is 9.47 Å². The number of hydrogen-bond donors (Lipinski definition) is 0. The van der Waals surface area contributed by atoms with Crippen molar-refractivity contribution in [2.24, 2.45) is 0 Å². The third kappa shape index (κ3) is 3.52. The van der Waals surface area contributed by atoms with Crippen molar-refractivity contribution < 1.29 is 9.47 Å². The van der Waals surface area contributed by atoms with Gasteiger partial charge in [0.05, 0.1) is 0 Å². The second kappa shape index (κ2) is 6.99. The van der Waals surface area contributed by atoms with Gasteiger partial charge in [0.15, 0.2) is 11.5 Å². The van der Waals surface area contributed by atoms with Crippen molar-refractivity contribution in [1.82, 2.24) is 4.90 Å². The number of fused-ring (bicyclic) bond motifs is 2. The molecule has 25 heavy (non-hydrogen) atoms. The minimum atomic E-state index is 0.316. The Kier molecular flexibility index (Phi) is 4.40. The van der Waals surface area contributed by atoms with Crippen LogP contribution >= 0.6 is 0 Å². The van der Waals surface area contributed by atoms with Gasteiger partial charge >= 0.3 is 0 Å². The second-order valence-electron chi connectivity index (χ2n) is 6.35. The number of rotatable bonds is 5. The van der Waals surface area contributed by atoms with Gasteiger partial charge in [-0.25, -0.2) is 0 Å². The molecule has 4 rings (SSSR count). The van der Waals surface area contributed by atoms with E-state index >= 15 is 0 Å². The van der Waals surface area contributed by atoms with Gasteiger partial charge in [-0.3, -0.25) is 4.90 Å². The van der Waals surface area contributed by atoms with E-state index in [1.165, 1.54) is 16.3 Å². The summed E-state index contributed by atoms with van der Waals surface area (Å²) in [6.07, 6.45) is 4.31. The maximum Gasteiger partial charge on any atom is 0.231 e. The molecule has 0 radical (unpaired) electrons. The van der Waals surface area contributed by atoms with E-state index in [2.05, 4.69) is 72.6 Å². The van der Waals surface area contributed by atoms with E-state index in [9.17, 15) is 0 Å². The molecular formula is C22H21NO2. The molecule has 0 saturated carbocycles. The predicted molar refractivity (Wildman–Crippen MR) is 102 cm³/mol. The molecule has 3 aromatic carbocycles. The minimum absolute atomic E-state index is 0.316. The van der Waals surface area contributed by atoms with Crippen molar-refractivity contribution in [2.45, 2.75) is 6.54 Å². The van der Waals surface area contributed by atoms with Crippen molar-refractivity contribution in [1.29, 1.82) is 0 Å². The molecule has 126 valence electrons. The van der Waals surface area contributed by atoms with Crippen LogP contribution in [0.5, 0.6) is 11.5 Å². The van der Waals surface area contributed by atoms with Gasteiger partial charge in [-0.15, -0.1) is 0 Å². The summed E-state index contributed by atoms with van der Waals surface area (Å²) < 4.78 is 10.8. The van der Waals surface area contributed by atoms with Crippen molar-refractivity contribution >= 4 is 16.8 Å². The fourth-order valence-electron chi connectivity index (χ4n) is 3.17. The molecular weight excluding hydrogens is 310 g/mol. The SMILES string of the molecule is CN(C/C=C/c1ccc2c(c1)OCO2)Cc1cccc2ccccc12. The molecule has 3 heteroatoms. The zero-order valence-electron chi connectivity index (χ0n) is 14.3. The number of hydrogen-bond acceptors (Lipinski definition) is 3. The van der Waals surface area contributed by atoms with E-state index in [0.29, 0.717) is 6.79 Å². The lowest BCUT2D eigenvalue weighted by atomic mass is 10.0. The molecule has 0 aliphatic carbocycles. The topological polar surface area (TPSA) is 21.7 Å². The molecule has 0 amide bonds. The first-order valence-electron chi connectivity index (χ1n) is 8.51. The van der Waals surface area contributed by atoms with Crippen molar-refractivity contribution in [3.8, 4) is 11.5 Å². The molecule has 1 aliphatic rings. The number of ether oxygens (including phenoxy) is 2. The summed E-state index contributed by atoms with van der Waals surface area (Å²) in [5.41, 5.74) is 2.49. The first kappa shape index (κ1) is 15.7. The Morgan fingerprint density at radius 3 is 2.76 bits per heavy atom. The Morgan fingerprint density at radius 2 is 1.80 bits per heavy atom. The Hall–Kier alpha value is -2.78. The summed E-state index contributed by atoms with van der Waals surface area (Å²) >= 11 is 0.